The first-order valence-corrected chi connectivity index (χ1v) is 9.64. The van der Waals surface area contributed by atoms with Gasteiger partial charge in [-0.15, -0.1) is 0 Å². The Bertz CT molecular complexity index is 1030. The lowest BCUT2D eigenvalue weighted by atomic mass is 9.86. The predicted molar refractivity (Wildman–Crippen MR) is 117 cm³/mol. The van der Waals surface area contributed by atoms with Crippen LogP contribution in [0.1, 0.15) is 50.2 Å². The fourth-order valence-corrected chi connectivity index (χ4v) is 3.09. The van der Waals surface area contributed by atoms with Gasteiger partial charge in [-0.1, -0.05) is 45.9 Å². The second-order valence-electron chi connectivity index (χ2n) is 7.98. The molecule has 0 aliphatic carbocycles. The summed E-state index contributed by atoms with van der Waals surface area (Å²) in [6.07, 6.45) is 0.347. The van der Waals surface area contributed by atoms with E-state index < -0.39 is 0 Å². The van der Waals surface area contributed by atoms with Crippen molar-refractivity contribution in [3.8, 4) is 5.75 Å². The number of ether oxygens (including phenoxy) is 1. The minimum atomic E-state index is -0.279. The lowest BCUT2D eigenvalue weighted by Crippen LogP contribution is -2.18. The summed E-state index contributed by atoms with van der Waals surface area (Å²) in [6.45, 7) is 8.00. The van der Waals surface area contributed by atoms with Gasteiger partial charge >= 0.3 is 0 Å². The van der Waals surface area contributed by atoms with Gasteiger partial charge in [0, 0.05) is 17.3 Å². The van der Waals surface area contributed by atoms with E-state index in [2.05, 4.69) is 36.4 Å². The topological polar surface area (TPSA) is 83.2 Å². The average Bonchev–Trinajstić information content (AvgIpc) is 3.11. The average molecular weight is 393 g/mol. The van der Waals surface area contributed by atoms with Crippen LogP contribution in [0.4, 0.5) is 11.4 Å². The number of aromatic nitrogens is 1. The molecule has 0 saturated carbocycles. The Hall–Kier alpha value is -3.28. The van der Waals surface area contributed by atoms with E-state index in [0.717, 1.165) is 16.5 Å². The van der Waals surface area contributed by atoms with Gasteiger partial charge < -0.3 is 20.4 Å². The number of methoxy groups -OCH3 is 1. The van der Waals surface area contributed by atoms with Crippen LogP contribution < -0.4 is 15.4 Å². The van der Waals surface area contributed by atoms with Crippen molar-refractivity contribution in [1.82, 2.24) is 4.98 Å². The molecule has 0 aliphatic rings. The molecule has 3 N–H and O–H groups in total. The van der Waals surface area contributed by atoms with Crippen LogP contribution in [-0.2, 0) is 10.2 Å². The van der Waals surface area contributed by atoms with Crippen molar-refractivity contribution >= 4 is 34.1 Å². The van der Waals surface area contributed by atoms with Crippen LogP contribution in [0.15, 0.2) is 42.5 Å². The summed E-state index contributed by atoms with van der Waals surface area (Å²) in [5.74, 6) is 0.0184. The Labute approximate surface area is 170 Å². The number of carbonyl (C=O) groups is 2. The van der Waals surface area contributed by atoms with Gasteiger partial charge in [0.1, 0.15) is 5.69 Å². The Morgan fingerprint density at radius 3 is 2.28 bits per heavy atom. The number of hydrogen-bond donors (Lipinski definition) is 3. The zero-order valence-corrected chi connectivity index (χ0v) is 17.5. The highest BCUT2D eigenvalue weighted by molar-refractivity contribution is 6.07. The maximum atomic E-state index is 12.9. The maximum absolute atomic E-state index is 12.9. The Morgan fingerprint density at radius 2 is 1.69 bits per heavy atom. The van der Waals surface area contributed by atoms with Crippen molar-refractivity contribution in [2.24, 2.45) is 0 Å². The standard InChI is InChI=1S/C23H27N3O3/c1-6-20(27)25-17-12-15(23(2,3)4)13-18(21(17)29-5)26-22(28)19-11-14-9-7-8-10-16(14)24-19/h7-13,24H,6H2,1-5H3,(H,25,27)(H,26,28). The normalized spacial score (nSPS) is 11.3. The summed E-state index contributed by atoms with van der Waals surface area (Å²) in [4.78, 5) is 28.1. The number of carbonyl (C=O) groups excluding carboxylic acids is 2. The number of aromatic amines is 1. The van der Waals surface area contributed by atoms with Crippen molar-refractivity contribution in [3.05, 3.63) is 53.7 Å². The molecule has 29 heavy (non-hydrogen) atoms. The van der Waals surface area contributed by atoms with Gasteiger partial charge in [-0.3, -0.25) is 9.59 Å². The third-order valence-corrected chi connectivity index (χ3v) is 4.78. The van der Waals surface area contributed by atoms with E-state index in [-0.39, 0.29) is 17.2 Å². The molecule has 0 spiro atoms. The Morgan fingerprint density at radius 1 is 1.03 bits per heavy atom. The first-order chi connectivity index (χ1) is 13.7. The van der Waals surface area contributed by atoms with Gasteiger partial charge in [-0.25, -0.2) is 0 Å². The van der Waals surface area contributed by atoms with Gasteiger partial charge in [0.15, 0.2) is 5.75 Å². The molecule has 3 rings (SSSR count). The third kappa shape index (κ3) is 4.42. The van der Waals surface area contributed by atoms with Crippen LogP contribution in [0.2, 0.25) is 0 Å². The summed E-state index contributed by atoms with van der Waals surface area (Å²) in [5, 5.41) is 6.77. The minimum Gasteiger partial charge on any atom is -0.492 e. The van der Waals surface area contributed by atoms with Crippen molar-refractivity contribution in [1.29, 1.82) is 0 Å². The Balaban J connectivity index is 2.02. The number of rotatable bonds is 5. The van der Waals surface area contributed by atoms with Crippen LogP contribution in [0, 0.1) is 0 Å². The van der Waals surface area contributed by atoms with Crippen LogP contribution in [0.5, 0.6) is 5.75 Å². The molecule has 1 heterocycles. The van der Waals surface area contributed by atoms with Crippen LogP contribution >= 0.6 is 0 Å². The van der Waals surface area contributed by atoms with E-state index in [9.17, 15) is 9.59 Å². The van der Waals surface area contributed by atoms with E-state index in [4.69, 9.17) is 4.74 Å². The molecule has 0 bridgehead atoms. The van der Waals surface area contributed by atoms with E-state index in [0.29, 0.717) is 29.2 Å². The third-order valence-electron chi connectivity index (χ3n) is 4.78. The first kappa shape index (κ1) is 20.5. The summed E-state index contributed by atoms with van der Waals surface area (Å²) in [5.41, 5.74) is 3.18. The van der Waals surface area contributed by atoms with Gasteiger partial charge in [0.2, 0.25) is 5.91 Å². The SMILES string of the molecule is CCC(=O)Nc1cc(C(C)(C)C)cc(NC(=O)c2cc3ccccc3[nH]2)c1OC. The molecule has 0 unspecified atom stereocenters. The quantitative estimate of drug-likeness (QED) is 0.565. The number of fused-ring (bicyclic) bond motifs is 1. The minimum absolute atomic E-state index is 0.123. The second kappa shape index (κ2) is 7.99. The molecule has 1 aromatic heterocycles. The first-order valence-electron chi connectivity index (χ1n) is 9.64. The van der Waals surface area contributed by atoms with Gasteiger partial charge in [0.05, 0.1) is 18.5 Å². The number of anilines is 2. The maximum Gasteiger partial charge on any atom is 0.272 e. The zero-order chi connectivity index (χ0) is 21.2. The highest BCUT2D eigenvalue weighted by atomic mass is 16.5. The monoisotopic (exact) mass is 393 g/mol. The number of amides is 2. The van der Waals surface area contributed by atoms with E-state index in [1.54, 1.807) is 6.92 Å². The van der Waals surface area contributed by atoms with Crippen LogP contribution in [-0.4, -0.2) is 23.9 Å². The van der Waals surface area contributed by atoms with Gasteiger partial charge in [0.25, 0.3) is 5.91 Å². The van der Waals surface area contributed by atoms with E-state index in [1.807, 2.05) is 42.5 Å². The smallest absolute Gasteiger partial charge is 0.272 e. The second-order valence-corrected chi connectivity index (χ2v) is 7.98. The largest absolute Gasteiger partial charge is 0.492 e. The molecule has 0 aliphatic heterocycles. The van der Waals surface area contributed by atoms with Crippen molar-refractivity contribution in [2.45, 2.75) is 39.5 Å². The molecule has 6 nitrogen and oxygen atoms in total. The molecular weight excluding hydrogens is 366 g/mol. The molecule has 152 valence electrons. The fourth-order valence-electron chi connectivity index (χ4n) is 3.09. The number of para-hydroxylation sites is 1. The van der Waals surface area contributed by atoms with E-state index in [1.165, 1.54) is 7.11 Å². The van der Waals surface area contributed by atoms with Crippen molar-refractivity contribution < 1.29 is 14.3 Å². The highest BCUT2D eigenvalue weighted by Crippen LogP contribution is 2.39. The number of nitrogens with one attached hydrogen (secondary N) is 3. The zero-order valence-electron chi connectivity index (χ0n) is 17.5. The molecule has 3 aromatic rings. The molecule has 2 amide bonds. The van der Waals surface area contributed by atoms with Crippen LogP contribution in [0.3, 0.4) is 0 Å². The number of hydrogen-bond acceptors (Lipinski definition) is 3. The predicted octanol–water partition coefficient (Wildman–Crippen LogP) is 5.07. The molecule has 0 radical (unpaired) electrons. The molecule has 0 saturated heterocycles. The molecule has 0 atom stereocenters. The number of benzene rings is 2. The molecule has 0 fully saturated rings. The summed E-state index contributed by atoms with van der Waals surface area (Å²) in [6, 6.07) is 13.3. The Kier molecular flexibility index (Phi) is 5.64. The van der Waals surface area contributed by atoms with Gasteiger partial charge in [-0.2, -0.15) is 0 Å². The fraction of sp³-hybridized carbons (Fsp3) is 0.304. The highest BCUT2D eigenvalue weighted by Gasteiger charge is 2.22. The summed E-state index contributed by atoms with van der Waals surface area (Å²) >= 11 is 0. The number of H-pyrrole nitrogens is 1. The molecular formula is C23H27N3O3. The molecule has 6 heteroatoms. The van der Waals surface area contributed by atoms with Crippen LogP contribution in [0.25, 0.3) is 10.9 Å². The summed E-state index contributed by atoms with van der Waals surface area (Å²) < 4.78 is 5.55. The van der Waals surface area contributed by atoms with Crippen molar-refractivity contribution in [2.75, 3.05) is 17.7 Å². The molecule has 2 aromatic carbocycles. The van der Waals surface area contributed by atoms with Crippen molar-refractivity contribution in [3.63, 3.8) is 0 Å². The lowest BCUT2D eigenvalue weighted by Gasteiger charge is -2.24. The summed E-state index contributed by atoms with van der Waals surface area (Å²) in [7, 11) is 1.52. The van der Waals surface area contributed by atoms with E-state index >= 15 is 0 Å². The van der Waals surface area contributed by atoms with Gasteiger partial charge in [-0.05, 0) is 35.2 Å². The lowest BCUT2D eigenvalue weighted by molar-refractivity contribution is -0.115.